The van der Waals surface area contributed by atoms with Crippen LogP contribution in [0.3, 0.4) is 0 Å². The first-order valence-corrected chi connectivity index (χ1v) is 6.43. The van der Waals surface area contributed by atoms with Crippen LogP contribution >= 0.6 is 15.9 Å². The van der Waals surface area contributed by atoms with Crippen LogP contribution in [-0.2, 0) is 0 Å². The third kappa shape index (κ3) is 2.82. The predicted octanol–water partition coefficient (Wildman–Crippen LogP) is 4.17. The number of halogens is 1. The molecule has 0 saturated heterocycles. The molecule has 4 heteroatoms. The van der Waals surface area contributed by atoms with Crippen molar-refractivity contribution in [3.63, 3.8) is 0 Å². The topological polar surface area (TPSA) is 28.7 Å². The summed E-state index contributed by atoms with van der Waals surface area (Å²) in [6.07, 6.45) is 1.74. The average molecular weight is 307 g/mol. The van der Waals surface area contributed by atoms with Crippen LogP contribution in [0.1, 0.15) is 11.3 Å². The lowest BCUT2D eigenvalue weighted by Crippen LogP contribution is -2.07. The minimum atomic E-state index is 0.730. The lowest BCUT2D eigenvalue weighted by atomic mass is 10.2. The first-order valence-electron chi connectivity index (χ1n) is 5.64. The van der Waals surface area contributed by atoms with E-state index in [2.05, 4.69) is 20.9 Å². The minimum absolute atomic E-state index is 0.730. The summed E-state index contributed by atoms with van der Waals surface area (Å²) in [5, 5.41) is 0. The Bertz CT molecular complexity index is 573. The van der Waals surface area contributed by atoms with Gasteiger partial charge in [-0.3, -0.25) is 4.99 Å². The van der Waals surface area contributed by atoms with Crippen LogP contribution in [0, 0.1) is 6.92 Å². The molecule has 0 aliphatic heterocycles. The van der Waals surface area contributed by atoms with Gasteiger partial charge in [0.25, 0.3) is 0 Å². The lowest BCUT2D eigenvalue weighted by molar-refractivity contribution is 0.557. The van der Waals surface area contributed by atoms with Gasteiger partial charge in [-0.1, -0.05) is 18.2 Å². The molecule has 0 aliphatic carbocycles. The van der Waals surface area contributed by atoms with Gasteiger partial charge in [0.15, 0.2) is 0 Å². The van der Waals surface area contributed by atoms with Crippen molar-refractivity contribution in [3.05, 3.63) is 46.1 Å². The molecule has 0 bridgehead atoms. The van der Waals surface area contributed by atoms with E-state index in [0.717, 1.165) is 27.4 Å². The van der Waals surface area contributed by atoms with Crippen LogP contribution in [0.5, 0.6) is 0 Å². The Hall–Kier alpha value is -1.55. The monoisotopic (exact) mass is 306 g/mol. The first kappa shape index (κ1) is 12.9. The van der Waals surface area contributed by atoms with Gasteiger partial charge >= 0.3 is 0 Å². The molecular weight excluding hydrogens is 292 g/mol. The Morgan fingerprint density at radius 1 is 1.28 bits per heavy atom. The van der Waals surface area contributed by atoms with E-state index in [1.807, 2.05) is 56.3 Å². The zero-order chi connectivity index (χ0) is 13.1. The highest BCUT2D eigenvalue weighted by atomic mass is 79.9. The van der Waals surface area contributed by atoms with Gasteiger partial charge in [0.2, 0.25) is 5.88 Å². The maximum Gasteiger partial charge on any atom is 0.210 e. The van der Waals surface area contributed by atoms with Crippen molar-refractivity contribution in [2.45, 2.75) is 6.92 Å². The Balaban J connectivity index is 2.24. The van der Waals surface area contributed by atoms with E-state index in [0.29, 0.717) is 0 Å². The quantitative estimate of drug-likeness (QED) is 0.796. The van der Waals surface area contributed by atoms with E-state index >= 15 is 0 Å². The number of benzene rings is 1. The van der Waals surface area contributed by atoms with Gasteiger partial charge in [-0.2, -0.15) is 0 Å². The molecule has 0 saturated carbocycles. The summed E-state index contributed by atoms with van der Waals surface area (Å²) in [6.45, 7) is 2.04. The van der Waals surface area contributed by atoms with Gasteiger partial charge in [-0.25, -0.2) is 0 Å². The molecule has 0 unspecified atom stereocenters. The molecule has 0 fully saturated rings. The number of aryl methyl sites for hydroxylation is 1. The number of para-hydroxylation sites is 1. The molecule has 18 heavy (non-hydrogen) atoms. The number of aliphatic imine (C=N–C) groups is 1. The second-order valence-corrected chi connectivity index (χ2v) is 5.10. The molecule has 1 aromatic carbocycles. The third-order valence-corrected chi connectivity index (χ3v) is 3.11. The molecule has 0 aliphatic rings. The highest BCUT2D eigenvalue weighted by molar-refractivity contribution is 9.10. The van der Waals surface area contributed by atoms with Crippen molar-refractivity contribution in [1.82, 2.24) is 0 Å². The maximum atomic E-state index is 5.67. The van der Waals surface area contributed by atoms with Crippen molar-refractivity contribution in [1.29, 1.82) is 0 Å². The largest absolute Gasteiger partial charge is 0.438 e. The highest BCUT2D eigenvalue weighted by Crippen LogP contribution is 2.28. The van der Waals surface area contributed by atoms with Crippen molar-refractivity contribution in [3.8, 4) is 0 Å². The SMILES string of the molecule is Cc1ccccc1N=Cc1cc(Br)c(N(C)C)o1. The zero-order valence-electron chi connectivity index (χ0n) is 10.6. The molecule has 0 N–H and O–H groups in total. The fourth-order valence-corrected chi connectivity index (χ4v) is 2.25. The third-order valence-electron chi connectivity index (χ3n) is 2.54. The molecule has 94 valence electrons. The first-order chi connectivity index (χ1) is 8.58. The summed E-state index contributed by atoms with van der Waals surface area (Å²) in [5.74, 6) is 1.52. The number of hydrogen-bond acceptors (Lipinski definition) is 3. The van der Waals surface area contributed by atoms with Crippen LogP contribution < -0.4 is 4.90 Å². The Morgan fingerprint density at radius 2 is 2.00 bits per heavy atom. The Labute approximate surface area is 115 Å². The van der Waals surface area contributed by atoms with E-state index in [1.54, 1.807) is 6.21 Å². The molecule has 1 heterocycles. The van der Waals surface area contributed by atoms with Crippen molar-refractivity contribution in [2.75, 3.05) is 19.0 Å². The van der Waals surface area contributed by atoms with E-state index in [-0.39, 0.29) is 0 Å². The summed E-state index contributed by atoms with van der Waals surface area (Å²) >= 11 is 3.46. The summed E-state index contributed by atoms with van der Waals surface area (Å²) in [4.78, 5) is 6.34. The molecule has 0 atom stereocenters. The molecule has 0 radical (unpaired) electrons. The molecule has 2 rings (SSSR count). The average Bonchev–Trinajstić information content (AvgIpc) is 2.70. The van der Waals surface area contributed by atoms with Crippen molar-refractivity contribution < 1.29 is 4.42 Å². The number of hydrogen-bond donors (Lipinski definition) is 0. The normalized spacial score (nSPS) is 11.1. The Kier molecular flexibility index (Phi) is 3.87. The maximum absolute atomic E-state index is 5.67. The van der Waals surface area contributed by atoms with Crippen LogP contribution in [0.4, 0.5) is 11.6 Å². The standard InChI is InChI=1S/C14H15BrN2O/c1-10-6-4-5-7-13(10)16-9-11-8-12(15)14(18-11)17(2)3/h4-9H,1-3H3. The van der Waals surface area contributed by atoms with E-state index < -0.39 is 0 Å². The number of anilines is 1. The van der Waals surface area contributed by atoms with E-state index in [4.69, 9.17) is 4.42 Å². The second kappa shape index (κ2) is 5.40. The van der Waals surface area contributed by atoms with Crippen LogP contribution in [-0.4, -0.2) is 20.3 Å². The van der Waals surface area contributed by atoms with Gasteiger partial charge in [0, 0.05) is 20.2 Å². The fourth-order valence-electron chi connectivity index (χ4n) is 1.59. The highest BCUT2D eigenvalue weighted by Gasteiger charge is 2.08. The molecule has 0 amide bonds. The van der Waals surface area contributed by atoms with Crippen LogP contribution in [0.15, 0.2) is 44.2 Å². The lowest BCUT2D eigenvalue weighted by Gasteiger charge is -2.07. The van der Waals surface area contributed by atoms with Gasteiger partial charge < -0.3 is 9.32 Å². The summed E-state index contributed by atoms with van der Waals surface area (Å²) in [7, 11) is 3.87. The predicted molar refractivity (Wildman–Crippen MR) is 79.2 cm³/mol. The molecule has 2 aromatic rings. The second-order valence-electron chi connectivity index (χ2n) is 4.24. The zero-order valence-corrected chi connectivity index (χ0v) is 12.2. The van der Waals surface area contributed by atoms with Gasteiger partial charge in [-0.15, -0.1) is 0 Å². The molecular formula is C14H15BrN2O. The van der Waals surface area contributed by atoms with Gasteiger partial charge in [0.05, 0.1) is 16.4 Å². The molecule has 0 spiro atoms. The van der Waals surface area contributed by atoms with Gasteiger partial charge in [0.1, 0.15) is 5.76 Å². The smallest absolute Gasteiger partial charge is 0.210 e. The summed E-state index contributed by atoms with van der Waals surface area (Å²) in [6, 6.07) is 9.91. The van der Waals surface area contributed by atoms with Crippen molar-refractivity contribution in [2.24, 2.45) is 4.99 Å². The number of rotatable bonds is 3. The van der Waals surface area contributed by atoms with E-state index in [9.17, 15) is 0 Å². The number of furan rings is 1. The molecule has 1 aromatic heterocycles. The summed E-state index contributed by atoms with van der Waals surface area (Å²) < 4.78 is 6.60. The molecule has 3 nitrogen and oxygen atoms in total. The Morgan fingerprint density at radius 3 is 2.61 bits per heavy atom. The van der Waals surface area contributed by atoms with Crippen LogP contribution in [0.25, 0.3) is 0 Å². The van der Waals surface area contributed by atoms with Crippen molar-refractivity contribution >= 4 is 33.7 Å². The van der Waals surface area contributed by atoms with Crippen LogP contribution in [0.2, 0.25) is 0 Å². The summed E-state index contributed by atoms with van der Waals surface area (Å²) in [5.41, 5.74) is 2.10. The van der Waals surface area contributed by atoms with E-state index in [1.165, 1.54) is 0 Å². The minimum Gasteiger partial charge on any atom is -0.438 e. The number of nitrogens with zero attached hydrogens (tertiary/aromatic N) is 2. The van der Waals surface area contributed by atoms with Gasteiger partial charge in [-0.05, 0) is 34.5 Å². The fraction of sp³-hybridized carbons (Fsp3) is 0.214.